The number of thiocarbonyl (C=S) groups is 1. The van der Waals surface area contributed by atoms with Crippen molar-refractivity contribution >= 4 is 39.6 Å². The first-order valence-corrected chi connectivity index (χ1v) is 7.62. The molecule has 21 heavy (non-hydrogen) atoms. The topological polar surface area (TPSA) is 46.3 Å². The van der Waals surface area contributed by atoms with Crippen LogP contribution >= 0.6 is 12.2 Å². The summed E-state index contributed by atoms with van der Waals surface area (Å²) in [6, 6.07) is 12.0. The summed E-state index contributed by atoms with van der Waals surface area (Å²) in [5.41, 5.74) is 7.66. The molecule has 1 fully saturated rings. The molecule has 0 saturated heterocycles. The van der Waals surface area contributed by atoms with E-state index in [-0.39, 0.29) is 11.3 Å². The highest BCUT2D eigenvalue weighted by molar-refractivity contribution is 7.80. The highest BCUT2D eigenvalue weighted by Crippen LogP contribution is 2.51. The van der Waals surface area contributed by atoms with Gasteiger partial charge in [0.1, 0.15) is 0 Å². The molecule has 0 radical (unpaired) electrons. The van der Waals surface area contributed by atoms with Gasteiger partial charge in [-0.05, 0) is 35.8 Å². The average Bonchev–Trinajstić information content (AvgIpc) is 3.16. The molecule has 0 aromatic heterocycles. The van der Waals surface area contributed by atoms with E-state index in [1.54, 1.807) is 0 Å². The Bertz CT molecular complexity index is 774. The van der Waals surface area contributed by atoms with Gasteiger partial charge in [0.05, 0.1) is 10.7 Å². The van der Waals surface area contributed by atoms with Gasteiger partial charge in [-0.2, -0.15) is 0 Å². The molecule has 2 aromatic carbocycles. The van der Waals surface area contributed by atoms with Gasteiger partial charge in [0.25, 0.3) is 5.91 Å². The predicted molar refractivity (Wildman–Crippen MR) is 88.7 cm³/mol. The molecule has 4 rings (SSSR count). The van der Waals surface area contributed by atoms with Crippen LogP contribution in [0.15, 0.2) is 36.4 Å². The highest BCUT2D eigenvalue weighted by Gasteiger charge is 2.46. The van der Waals surface area contributed by atoms with Crippen LogP contribution in [-0.4, -0.2) is 17.4 Å². The zero-order valence-corrected chi connectivity index (χ0v) is 12.5. The summed E-state index contributed by atoms with van der Waals surface area (Å²) in [5.74, 6) is 0.107. The second kappa shape index (κ2) is 4.28. The lowest BCUT2D eigenvalue weighted by molar-refractivity contribution is 0.0988. The molecule has 2 aromatic rings. The molecule has 2 N–H and O–H groups in total. The van der Waals surface area contributed by atoms with Crippen LogP contribution in [0.1, 0.15) is 29.6 Å². The number of hydrogen-bond donors (Lipinski definition) is 1. The van der Waals surface area contributed by atoms with E-state index in [1.807, 2.05) is 29.2 Å². The number of hydrogen-bond acceptors (Lipinski definition) is 2. The van der Waals surface area contributed by atoms with Gasteiger partial charge in [0.15, 0.2) is 0 Å². The molecule has 0 unspecified atom stereocenters. The molecule has 0 atom stereocenters. The monoisotopic (exact) mass is 296 g/mol. The van der Waals surface area contributed by atoms with Gasteiger partial charge in [-0.1, -0.05) is 36.5 Å². The van der Waals surface area contributed by atoms with E-state index in [9.17, 15) is 4.79 Å². The number of amides is 1. The number of carbonyl (C=O) groups is 1. The maximum absolute atomic E-state index is 12.7. The van der Waals surface area contributed by atoms with Crippen LogP contribution in [0.3, 0.4) is 0 Å². The van der Waals surface area contributed by atoms with Crippen LogP contribution < -0.4 is 10.6 Å². The normalized spacial score (nSPS) is 18.3. The fourth-order valence-electron chi connectivity index (χ4n) is 3.41. The zero-order chi connectivity index (χ0) is 14.6. The van der Waals surface area contributed by atoms with Crippen LogP contribution in [0, 0.1) is 5.41 Å². The minimum atomic E-state index is 0.103. The lowest BCUT2D eigenvalue weighted by Gasteiger charge is -2.24. The minimum Gasteiger partial charge on any atom is -0.393 e. The van der Waals surface area contributed by atoms with E-state index in [2.05, 4.69) is 12.1 Å². The Labute approximate surface area is 128 Å². The van der Waals surface area contributed by atoms with E-state index < -0.39 is 0 Å². The van der Waals surface area contributed by atoms with E-state index in [0.29, 0.717) is 4.99 Å². The minimum absolute atomic E-state index is 0.103. The Kier molecular flexibility index (Phi) is 2.60. The molecule has 2 aliphatic rings. The first-order valence-electron chi connectivity index (χ1n) is 7.22. The number of anilines is 1. The number of rotatable bonds is 4. The molecule has 1 aliphatic carbocycles. The van der Waals surface area contributed by atoms with Crippen LogP contribution in [0.2, 0.25) is 0 Å². The Hall–Kier alpha value is -1.94. The second-order valence-corrected chi connectivity index (χ2v) is 6.74. The Morgan fingerprint density at radius 2 is 1.95 bits per heavy atom. The largest absolute Gasteiger partial charge is 0.393 e. The first-order chi connectivity index (χ1) is 10.1. The summed E-state index contributed by atoms with van der Waals surface area (Å²) in [7, 11) is 0. The van der Waals surface area contributed by atoms with Gasteiger partial charge in [-0.3, -0.25) is 4.79 Å². The van der Waals surface area contributed by atoms with Gasteiger partial charge in [-0.15, -0.1) is 0 Å². The number of nitrogens with two attached hydrogens (primary N) is 1. The number of benzene rings is 2. The fourth-order valence-corrected chi connectivity index (χ4v) is 3.71. The lowest BCUT2D eigenvalue weighted by atomic mass is 10.0. The van der Waals surface area contributed by atoms with Crippen LogP contribution in [0.4, 0.5) is 5.69 Å². The molecular formula is C17H16N2OS. The van der Waals surface area contributed by atoms with Crippen molar-refractivity contribution in [3.63, 3.8) is 0 Å². The maximum atomic E-state index is 12.7. The smallest absolute Gasteiger partial charge is 0.259 e. The summed E-state index contributed by atoms with van der Waals surface area (Å²) in [4.78, 5) is 15.2. The molecule has 4 heteroatoms. The molecule has 1 saturated carbocycles. The number of carbonyl (C=O) groups excluding carboxylic acids is 1. The van der Waals surface area contributed by atoms with Crippen molar-refractivity contribution in [1.29, 1.82) is 0 Å². The summed E-state index contributed by atoms with van der Waals surface area (Å²) in [6.45, 7) is 0.719. The van der Waals surface area contributed by atoms with Crippen molar-refractivity contribution < 1.29 is 4.79 Å². The quantitative estimate of drug-likeness (QED) is 0.881. The third kappa shape index (κ3) is 1.94. The summed E-state index contributed by atoms with van der Waals surface area (Å²) < 4.78 is 0. The second-order valence-electron chi connectivity index (χ2n) is 6.22. The Morgan fingerprint density at radius 3 is 2.62 bits per heavy atom. The van der Waals surface area contributed by atoms with E-state index in [4.69, 9.17) is 18.0 Å². The molecule has 1 amide bonds. The van der Waals surface area contributed by atoms with Crippen LogP contribution in [0.25, 0.3) is 10.8 Å². The van der Waals surface area contributed by atoms with Crippen molar-refractivity contribution in [3.8, 4) is 0 Å². The molecule has 1 heterocycles. The predicted octanol–water partition coefficient (Wildman–Crippen LogP) is 3.26. The van der Waals surface area contributed by atoms with E-state index in [1.165, 1.54) is 0 Å². The van der Waals surface area contributed by atoms with Gasteiger partial charge in [0, 0.05) is 23.9 Å². The van der Waals surface area contributed by atoms with Gasteiger partial charge in [-0.25, -0.2) is 0 Å². The SMILES string of the molecule is NC(=S)CC1(CN2C(=O)c3cccc4cccc2c34)CC1. The summed E-state index contributed by atoms with van der Waals surface area (Å²) >= 11 is 5.06. The average molecular weight is 296 g/mol. The molecule has 1 aliphatic heterocycles. The van der Waals surface area contributed by atoms with Crippen molar-refractivity contribution in [2.75, 3.05) is 11.4 Å². The summed E-state index contributed by atoms with van der Waals surface area (Å²) in [6.07, 6.45) is 2.93. The fraction of sp³-hybridized carbons (Fsp3) is 0.294. The van der Waals surface area contributed by atoms with Crippen LogP contribution in [-0.2, 0) is 0 Å². The molecule has 0 bridgehead atoms. The summed E-state index contributed by atoms with van der Waals surface area (Å²) in [5, 5.41) is 2.20. The van der Waals surface area contributed by atoms with Crippen LogP contribution in [0.5, 0.6) is 0 Å². The van der Waals surface area contributed by atoms with E-state index in [0.717, 1.165) is 47.8 Å². The van der Waals surface area contributed by atoms with Gasteiger partial charge < -0.3 is 10.6 Å². The van der Waals surface area contributed by atoms with Crippen molar-refractivity contribution in [2.45, 2.75) is 19.3 Å². The molecule has 0 spiro atoms. The highest BCUT2D eigenvalue weighted by atomic mass is 32.1. The molecular weight excluding hydrogens is 280 g/mol. The first kappa shape index (κ1) is 12.8. The third-order valence-electron chi connectivity index (χ3n) is 4.65. The molecule has 106 valence electrons. The lowest BCUT2D eigenvalue weighted by Crippen LogP contribution is -2.34. The van der Waals surface area contributed by atoms with Gasteiger partial charge in [0.2, 0.25) is 0 Å². The van der Waals surface area contributed by atoms with Crippen molar-refractivity contribution in [1.82, 2.24) is 0 Å². The molecule has 3 nitrogen and oxygen atoms in total. The van der Waals surface area contributed by atoms with E-state index >= 15 is 0 Å². The number of nitrogens with zero attached hydrogens (tertiary/aromatic N) is 1. The Balaban J connectivity index is 1.75. The van der Waals surface area contributed by atoms with Crippen molar-refractivity contribution in [2.24, 2.45) is 11.1 Å². The third-order valence-corrected chi connectivity index (χ3v) is 4.79. The standard InChI is InChI=1S/C17H16N2OS/c18-14(21)9-17(7-8-17)10-19-13-6-2-4-11-3-1-5-12(15(11)13)16(19)20/h1-6H,7-10H2,(H2,18,21). The van der Waals surface area contributed by atoms with Crippen molar-refractivity contribution in [3.05, 3.63) is 42.0 Å². The maximum Gasteiger partial charge on any atom is 0.259 e. The zero-order valence-electron chi connectivity index (χ0n) is 11.6. The Morgan fingerprint density at radius 1 is 1.24 bits per heavy atom. The van der Waals surface area contributed by atoms with Gasteiger partial charge >= 0.3 is 0 Å².